The van der Waals surface area contributed by atoms with Gasteiger partial charge in [0, 0.05) is 6.20 Å². The number of ether oxygens (including phenoxy) is 3. The predicted molar refractivity (Wildman–Crippen MR) is 89.1 cm³/mol. The average Bonchev–Trinajstić information content (AvgIpc) is 2.63. The van der Waals surface area contributed by atoms with E-state index in [1.165, 1.54) is 7.11 Å². The van der Waals surface area contributed by atoms with Crippen molar-refractivity contribution in [1.29, 1.82) is 0 Å². The Kier molecular flexibility index (Phi) is 8.56. The molecule has 0 radical (unpaired) electrons. The summed E-state index contributed by atoms with van der Waals surface area (Å²) in [5, 5.41) is 4.93. The molecule has 0 unspecified atom stereocenters. The monoisotopic (exact) mass is 350 g/mol. The van der Waals surface area contributed by atoms with Crippen LogP contribution in [0.5, 0.6) is 0 Å². The molecule has 0 aliphatic heterocycles. The first kappa shape index (κ1) is 20.0. The van der Waals surface area contributed by atoms with Gasteiger partial charge in [0.15, 0.2) is 0 Å². The molecule has 136 valence electrons. The van der Waals surface area contributed by atoms with E-state index in [1.54, 1.807) is 26.0 Å². The Morgan fingerprint density at radius 2 is 1.84 bits per heavy atom. The third-order valence-electron chi connectivity index (χ3n) is 2.97. The van der Waals surface area contributed by atoms with Crippen LogP contribution in [-0.4, -0.2) is 37.8 Å². The van der Waals surface area contributed by atoms with Crippen LogP contribution in [0.15, 0.2) is 42.2 Å². The van der Waals surface area contributed by atoms with Crippen LogP contribution in [0.3, 0.4) is 0 Å². The summed E-state index contributed by atoms with van der Waals surface area (Å²) in [6.07, 6.45) is 0.336. The summed E-state index contributed by atoms with van der Waals surface area (Å²) in [6, 6.07) is 8.37. The molecule has 0 fully saturated rings. The Bertz CT molecular complexity index is 615. The molecule has 8 heteroatoms. The fourth-order valence-electron chi connectivity index (χ4n) is 1.67. The Balaban J connectivity index is 2.62. The molecule has 1 rings (SSSR count). The summed E-state index contributed by atoms with van der Waals surface area (Å²) in [5.74, 6) is -1.28. The zero-order valence-electron chi connectivity index (χ0n) is 14.4. The molecule has 0 aromatic heterocycles. The quantitative estimate of drug-likeness (QED) is 0.416. The number of hydrogen-bond acceptors (Lipinski definition) is 7. The largest absolute Gasteiger partial charge is 0.464 e. The van der Waals surface area contributed by atoms with Crippen molar-refractivity contribution in [3.8, 4) is 0 Å². The van der Waals surface area contributed by atoms with Crippen molar-refractivity contribution in [3.05, 3.63) is 47.8 Å². The highest BCUT2D eigenvalue weighted by atomic mass is 16.6. The molecule has 0 aliphatic rings. The summed E-state index contributed by atoms with van der Waals surface area (Å²) in [5.41, 5.74) is 0.604. The highest BCUT2D eigenvalue weighted by Gasteiger charge is 2.17. The number of alkyl carbamates (subject to hydrolysis) is 1. The van der Waals surface area contributed by atoms with Gasteiger partial charge < -0.3 is 19.5 Å². The van der Waals surface area contributed by atoms with E-state index in [9.17, 15) is 14.4 Å². The lowest BCUT2D eigenvalue weighted by molar-refractivity contribution is -0.145. The smallest absolute Gasteiger partial charge is 0.412 e. The molecule has 0 aliphatic carbocycles. The number of methoxy groups -OCH3 is 1. The van der Waals surface area contributed by atoms with Gasteiger partial charge in [-0.25, -0.2) is 14.4 Å². The zero-order chi connectivity index (χ0) is 18.7. The Morgan fingerprint density at radius 3 is 2.44 bits per heavy atom. The van der Waals surface area contributed by atoms with Gasteiger partial charge in [-0.1, -0.05) is 30.3 Å². The molecule has 8 nitrogen and oxygen atoms in total. The summed E-state index contributed by atoms with van der Waals surface area (Å²) < 4.78 is 14.4. The molecule has 25 heavy (non-hydrogen) atoms. The second-order valence-corrected chi connectivity index (χ2v) is 4.88. The van der Waals surface area contributed by atoms with E-state index in [2.05, 4.69) is 15.4 Å². The number of hydrogen-bond donors (Lipinski definition) is 2. The van der Waals surface area contributed by atoms with Gasteiger partial charge in [-0.05, 0) is 19.4 Å². The molecular weight excluding hydrogens is 328 g/mol. The minimum absolute atomic E-state index is 0.0494. The van der Waals surface area contributed by atoms with E-state index < -0.39 is 24.1 Å². The maximum atomic E-state index is 11.8. The molecule has 0 spiro atoms. The van der Waals surface area contributed by atoms with Crippen LogP contribution in [0, 0.1) is 0 Å². The van der Waals surface area contributed by atoms with Gasteiger partial charge in [-0.15, -0.1) is 0 Å². The number of carbonyl (C=O) groups is 3. The van der Waals surface area contributed by atoms with Crippen LogP contribution >= 0.6 is 0 Å². The first-order chi connectivity index (χ1) is 12.0. The topological polar surface area (TPSA) is 103 Å². The molecular formula is C17H22N2O6. The highest BCUT2D eigenvalue weighted by molar-refractivity contribution is 5.92. The molecule has 1 aromatic carbocycles. The predicted octanol–water partition coefficient (Wildman–Crippen LogP) is 1.47. The van der Waals surface area contributed by atoms with Gasteiger partial charge in [0.05, 0.1) is 13.7 Å². The molecule has 1 aromatic rings. The van der Waals surface area contributed by atoms with E-state index in [0.29, 0.717) is 0 Å². The van der Waals surface area contributed by atoms with Gasteiger partial charge in [0.25, 0.3) is 0 Å². The van der Waals surface area contributed by atoms with Gasteiger partial charge >= 0.3 is 18.0 Å². The van der Waals surface area contributed by atoms with E-state index >= 15 is 0 Å². The minimum atomic E-state index is -0.828. The average molecular weight is 350 g/mol. The third-order valence-corrected chi connectivity index (χ3v) is 2.97. The number of amides is 1. The second-order valence-electron chi connectivity index (χ2n) is 4.88. The number of nitrogens with one attached hydrogen (secondary N) is 2. The van der Waals surface area contributed by atoms with Crippen LogP contribution in [0.1, 0.15) is 19.4 Å². The lowest BCUT2D eigenvalue weighted by atomic mass is 10.2. The van der Waals surface area contributed by atoms with E-state index in [1.807, 2.05) is 18.2 Å². The summed E-state index contributed by atoms with van der Waals surface area (Å²) in [6.45, 7) is 3.53. The third kappa shape index (κ3) is 7.38. The van der Waals surface area contributed by atoms with Crippen molar-refractivity contribution in [2.75, 3.05) is 13.7 Å². The molecule has 0 saturated heterocycles. The van der Waals surface area contributed by atoms with Gasteiger partial charge in [0.1, 0.15) is 18.3 Å². The Morgan fingerprint density at radius 1 is 1.16 bits per heavy atom. The van der Waals surface area contributed by atoms with E-state index in [-0.39, 0.29) is 18.9 Å². The van der Waals surface area contributed by atoms with Crippen molar-refractivity contribution < 1.29 is 28.6 Å². The minimum Gasteiger partial charge on any atom is -0.464 e. The van der Waals surface area contributed by atoms with Crippen LogP contribution in [-0.2, 0) is 30.4 Å². The highest BCUT2D eigenvalue weighted by Crippen LogP contribution is 2.02. The molecule has 1 atom stereocenters. The zero-order valence-corrected chi connectivity index (χ0v) is 14.4. The lowest BCUT2D eigenvalue weighted by Gasteiger charge is -2.13. The van der Waals surface area contributed by atoms with Crippen LogP contribution in [0.4, 0.5) is 4.79 Å². The number of rotatable bonds is 8. The van der Waals surface area contributed by atoms with Crippen molar-refractivity contribution in [1.82, 2.24) is 10.6 Å². The van der Waals surface area contributed by atoms with Crippen molar-refractivity contribution >= 4 is 18.0 Å². The van der Waals surface area contributed by atoms with Crippen molar-refractivity contribution in [3.63, 3.8) is 0 Å². The summed E-state index contributed by atoms with van der Waals surface area (Å²) in [7, 11) is 1.17. The molecule has 0 bridgehead atoms. The summed E-state index contributed by atoms with van der Waals surface area (Å²) >= 11 is 0. The second kappa shape index (κ2) is 10.7. The first-order valence-corrected chi connectivity index (χ1v) is 7.66. The maximum Gasteiger partial charge on any atom is 0.412 e. The molecule has 0 saturated carbocycles. The van der Waals surface area contributed by atoms with Crippen LogP contribution in [0.2, 0.25) is 0 Å². The first-order valence-electron chi connectivity index (χ1n) is 7.66. The molecule has 0 heterocycles. The van der Waals surface area contributed by atoms with Gasteiger partial charge in [-0.3, -0.25) is 5.32 Å². The Hall–Kier alpha value is -3.03. The maximum absolute atomic E-state index is 11.8. The molecule has 2 N–H and O–H groups in total. The standard InChI is InChI=1S/C17H22N2O6/c1-4-24-15(20)12(2)18-10-14(16(21)23-3)19-17(22)25-11-13-8-6-5-7-9-13/h5-10,12,18H,4,11H2,1-3H3,(H,19,22)/b14-10-/t12-/m0/s1. The number of carbonyl (C=O) groups excluding carboxylic acids is 3. The van der Waals surface area contributed by atoms with E-state index in [4.69, 9.17) is 9.47 Å². The van der Waals surface area contributed by atoms with Gasteiger partial charge in [-0.2, -0.15) is 0 Å². The van der Waals surface area contributed by atoms with Crippen molar-refractivity contribution in [2.45, 2.75) is 26.5 Å². The fraction of sp³-hybridized carbons (Fsp3) is 0.353. The Labute approximate surface area is 146 Å². The number of benzene rings is 1. The van der Waals surface area contributed by atoms with Crippen molar-refractivity contribution in [2.24, 2.45) is 0 Å². The number of esters is 2. The summed E-state index contributed by atoms with van der Waals surface area (Å²) in [4.78, 5) is 35.1. The van der Waals surface area contributed by atoms with Crippen LogP contribution < -0.4 is 10.6 Å². The lowest BCUT2D eigenvalue weighted by Crippen LogP contribution is -2.35. The fourth-order valence-corrected chi connectivity index (χ4v) is 1.67. The van der Waals surface area contributed by atoms with Crippen LogP contribution in [0.25, 0.3) is 0 Å². The van der Waals surface area contributed by atoms with E-state index in [0.717, 1.165) is 11.8 Å². The molecule has 1 amide bonds. The normalized spacial score (nSPS) is 11.9. The van der Waals surface area contributed by atoms with Gasteiger partial charge in [0.2, 0.25) is 0 Å². The SMILES string of the molecule is CCOC(=O)[C@H](C)N/C=C(\NC(=O)OCc1ccccc1)C(=O)OC.